The van der Waals surface area contributed by atoms with Gasteiger partial charge in [0, 0.05) is 24.8 Å². The van der Waals surface area contributed by atoms with Gasteiger partial charge in [-0.3, -0.25) is 0 Å². The van der Waals surface area contributed by atoms with Crippen molar-refractivity contribution in [2.45, 2.75) is 19.9 Å². The van der Waals surface area contributed by atoms with E-state index in [1.165, 1.54) is 0 Å². The number of ether oxygens (including phenoxy) is 1. The molecule has 0 aromatic heterocycles. The molecule has 4 nitrogen and oxygen atoms in total. The SMILES string of the molecule is CCOCCCNC(N)=NCc1ccccc1-c1ccc(Cl)cc1. The van der Waals surface area contributed by atoms with E-state index in [1.54, 1.807) is 0 Å². The molecule has 0 atom stereocenters. The van der Waals surface area contributed by atoms with E-state index in [0.717, 1.165) is 47.9 Å². The first-order chi connectivity index (χ1) is 11.7. The van der Waals surface area contributed by atoms with E-state index in [1.807, 2.05) is 43.3 Å². The van der Waals surface area contributed by atoms with Gasteiger partial charge in [0.25, 0.3) is 0 Å². The fraction of sp³-hybridized carbons (Fsp3) is 0.316. The van der Waals surface area contributed by atoms with Crippen LogP contribution in [-0.2, 0) is 11.3 Å². The Bertz CT molecular complexity index is 656. The number of benzene rings is 2. The van der Waals surface area contributed by atoms with Crippen molar-refractivity contribution in [2.24, 2.45) is 10.7 Å². The Morgan fingerprint density at radius 1 is 1.17 bits per heavy atom. The number of halogens is 1. The van der Waals surface area contributed by atoms with Crippen LogP contribution in [0.2, 0.25) is 5.02 Å². The third-order valence-corrected chi connectivity index (χ3v) is 3.82. The molecule has 0 aliphatic rings. The summed E-state index contributed by atoms with van der Waals surface area (Å²) in [6.07, 6.45) is 0.908. The Morgan fingerprint density at radius 3 is 2.67 bits per heavy atom. The number of aliphatic imine (C=N–C) groups is 1. The first-order valence-corrected chi connectivity index (χ1v) is 8.54. The van der Waals surface area contributed by atoms with Gasteiger partial charge in [-0.05, 0) is 42.2 Å². The summed E-state index contributed by atoms with van der Waals surface area (Å²) in [6.45, 7) is 4.75. The normalized spacial score (nSPS) is 11.5. The Morgan fingerprint density at radius 2 is 1.92 bits per heavy atom. The van der Waals surface area contributed by atoms with Crippen molar-refractivity contribution in [1.29, 1.82) is 0 Å². The fourth-order valence-electron chi connectivity index (χ4n) is 2.33. The van der Waals surface area contributed by atoms with Crippen LogP contribution in [0.1, 0.15) is 18.9 Å². The topological polar surface area (TPSA) is 59.6 Å². The quantitative estimate of drug-likeness (QED) is 0.434. The van der Waals surface area contributed by atoms with Gasteiger partial charge in [-0.15, -0.1) is 0 Å². The highest BCUT2D eigenvalue weighted by Crippen LogP contribution is 2.25. The Hall–Kier alpha value is -2.04. The highest BCUT2D eigenvalue weighted by Gasteiger charge is 2.04. The first-order valence-electron chi connectivity index (χ1n) is 8.16. The summed E-state index contributed by atoms with van der Waals surface area (Å²) >= 11 is 5.97. The number of nitrogens with zero attached hydrogens (tertiary/aromatic N) is 1. The van der Waals surface area contributed by atoms with Gasteiger partial charge in [-0.2, -0.15) is 0 Å². The number of guanidine groups is 1. The zero-order valence-corrected chi connectivity index (χ0v) is 14.7. The lowest BCUT2D eigenvalue weighted by molar-refractivity contribution is 0.145. The zero-order chi connectivity index (χ0) is 17.2. The molecule has 2 aromatic carbocycles. The maximum absolute atomic E-state index is 5.97. The molecule has 0 aliphatic carbocycles. The predicted octanol–water partition coefficient (Wildman–Crippen LogP) is 3.84. The molecule has 0 fully saturated rings. The summed E-state index contributed by atoms with van der Waals surface area (Å²) in [5.74, 6) is 0.456. The van der Waals surface area contributed by atoms with E-state index < -0.39 is 0 Å². The van der Waals surface area contributed by atoms with Crippen LogP contribution in [0.3, 0.4) is 0 Å². The standard InChI is InChI=1S/C19H24ClN3O/c1-2-24-13-5-12-22-19(21)23-14-16-6-3-4-7-18(16)15-8-10-17(20)11-9-15/h3-4,6-11H,2,5,12-14H2,1H3,(H3,21,22,23). The smallest absolute Gasteiger partial charge is 0.188 e. The van der Waals surface area contributed by atoms with Gasteiger partial charge in [0.15, 0.2) is 5.96 Å². The molecule has 0 unspecified atom stereocenters. The molecule has 0 bridgehead atoms. The van der Waals surface area contributed by atoms with E-state index in [2.05, 4.69) is 22.4 Å². The van der Waals surface area contributed by atoms with Crippen LogP contribution in [0, 0.1) is 0 Å². The average Bonchev–Trinajstić information content (AvgIpc) is 2.61. The average molecular weight is 346 g/mol. The molecule has 24 heavy (non-hydrogen) atoms. The second kappa shape index (κ2) is 9.96. The van der Waals surface area contributed by atoms with Crippen LogP contribution in [0.4, 0.5) is 0 Å². The highest BCUT2D eigenvalue weighted by molar-refractivity contribution is 6.30. The van der Waals surface area contributed by atoms with Gasteiger partial charge in [0.2, 0.25) is 0 Å². The van der Waals surface area contributed by atoms with Gasteiger partial charge in [-0.25, -0.2) is 4.99 Å². The Labute approximate surface area is 148 Å². The van der Waals surface area contributed by atoms with Crippen LogP contribution in [0.15, 0.2) is 53.5 Å². The highest BCUT2D eigenvalue weighted by atomic mass is 35.5. The Kier molecular flexibility index (Phi) is 7.59. The summed E-state index contributed by atoms with van der Waals surface area (Å²) in [5.41, 5.74) is 9.31. The lowest BCUT2D eigenvalue weighted by Gasteiger charge is -2.09. The number of hydrogen-bond acceptors (Lipinski definition) is 2. The van der Waals surface area contributed by atoms with Gasteiger partial charge in [0.1, 0.15) is 0 Å². The monoisotopic (exact) mass is 345 g/mol. The largest absolute Gasteiger partial charge is 0.382 e. The third-order valence-electron chi connectivity index (χ3n) is 3.57. The first kappa shape index (κ1) is 18.3. The van der Waals surface area contributed by atoms with E-state index in [0.29, 0.717) is 12.5 Å². The summed E-state index contributed by atoms with van der Waals surface area (Å²) in [7, 11) is 0. The Balaban J connectivity index is 1.97. The van der Waals surface area contributed by atoms with Crippen molar-refractivity contribution in [3.63, 3.8) is 0 Å². The molecule has 0 heterocycles. The second-order valence-corrected chi connectivity index (χ2v) is 5.78. The minimum atomic E-state index is 0.456. The molecule has 5 heteroatoms. The maximum Gasteiger partial charge on any atom is 0.188 e. The molecular formula is C19H24ClN3O. The molecule has 0 aliphatic heterocycles. The predicted molar refractivity (Wildman–Crippen MR) is 101 cm³/mol. The van der Waals surface area contributed by atoms with Gasteiger partial charge in [0.05, 0.1) is 6.54 Å². The van der Waals surface area contributed by atoms with E-state index in [-0.39, 0.29) is 0 Å². The van der Waals surface area contributed by atoms with Gasteiger partial charge < -0.3 is 15.8 Å². The number of rotatable bonds is 8. The van der Waals surface area contributed by atoms with Crippen LogP contribution in [-0.4, -0.2) is 25.7 Å². The molecule has 0 radical (unpaired) electrons. The molecule has 0 spiro atoms. The minimum absolute atomic E-state index is 0.456. The third kappa shape index (κ3) is 5.87. The minimum Gasteiger partial charge on any atom is -0.382 e. The summed E-state index contributed by atoms with van der Waals surface area (Å²) < 4.78 is 5.29. The number of nitrogens with one attached hydrogen (secondary N) is 1. The van der Waals surface area contributed by atoms with E-state index >= 15 is 0 Å². The number of hydrogen-bond donors (Lipinski definition) is 2. The summed E-state index contributed by atoms with van der Waals surface area (Å²) in [5, 5.41) is 3.84. The van der Waals surface area contributed by atoms with Crippen LogP contribution < -0.4 is 11.1 Å². The second-order valence-electron chi connectivity index (χ2n) is 5.34. The maximum atomic E-state index is 5.97. The van der Waals surface area contributed by atoms with Gasteiger partial charge in [-0.1, -0.05) is 48.0 Å². The molecule has 2 rings (SSSR count). The fourth-order valence-corrected chi connectivity index (χ4v) is 2.46. The van der Waals surface area contributed by atoms with Crippen molar-refractivity contribution in [1.82, 2.24) is 5.32 Å². The molecular weight excluding hydrogens is 322 g/mol. The molecule has 128 valence electrons. The van der Waals surface area contributed by atoms with Crippen molar-refractivity contribution in [2.75, 3.05) is 19.8 Å². The van der Waals surface area contributed by atoms with E-state index in [4.69, 9.17) is 22.1 Å². The van der Waals surface area contributed by atoms with Gasteiger partial charge >= 0.3 is 0 Å². The molecule has 0 amide bonds. The van der Waals surface area contributed by atoms with Crippen molar-refractivity contribution >= 4 is 17.6 Å². The lowest BCUT2D eigenvalue weighted by Crippen LogP contribution is -2.32. The van der Waals surface area contributed by atoms with E-state index in [9.17, 15) is 0 Å². The van der Waals surface area contributed by atoms with Crippen molar-refractivity contribution < 1.29 is 4.74 Å². The summed E-state index contributed by atoms with van der Waals surface area (Å²) in [4.78, 5) is 4.43. The lowest BCUT2D eigenvalue weighted by atomic mass is 10.00. The number of nitrogens with two attached hydrogens (primary N) is 1. The molecule has 0 saturated carbocycles. The van der Waals surface area contributed by atoms with Crippen molar-refractivity contribution in [3.05, 3.63) is 59.1 Å². The van der Waals surface area contributed by atoms with Crippen LogP contribution in [0.25, 0.3) is 11.1 Å². The van der Waals surface area contributed by atoms with Crippen molar-refractivity contribution in [3.8, 4) is 11.1 Å². The molecule has 2 aromatic rings. The molecule has 0 saturated heterocycles. The zero-order valence-electron chi connectivity index (χ0n) is 14.0. The summed E-state index contributed by atoms with van der Waals surface area (Å²) in [6, 6.07) is 16.0. The molecule has 3 N–H and O–H groups in total. The van der Waals surface area contributed by atoms with Crippen LogP contribution >= 0.6 is 11.6 Å². The van der Waals surface area contributed by atoms with Crippen LogP contribution in [0.5, 0.6) is 0 Å².